The summed E-state index contributed by atoms with van der Waals surface area (Å²) in [4.78, 5) is 42.2. The summed E-state index contributed by atoms with van der Waals surface area (Å²) in [7, 11) is 0. The first-order chi connectivity index (χ1) is 39.8. The van der Waals surface area contributed by atoms with Gasteiger partial charge >= 0.3 is 17.9 Å². The zero-order valence-electron chi connectivity index (χ0n) is 57.7. The predicted octanol–water partition coefficient (Wildman–Crippen LogP) is 19.4. The fourth-order valence-corrected chi connectivity index (χ4v) is 11.2. The van der Waals surface area contributed by atoms with Crippen LogP contribution in [-0.4, -0.2) is 64.7 Å². The van der Waals surface area contributed by atoms with E-state index in [4.69, 9.17) is 31.2 Å². The van der Waals surface area contributed by atoms with Crippen molar-refractivity contribution in [2.24, 2.45) is 5.41 Å². The molecule has 0 aromatic heterocycles. The monoisotopic (exact) mass is 1210 g/mol. The van der Waals surface area contributed by atoms with E-state index in [9.17, 15) is 29.7 Å². The normalized spacial score (nSPS) is 12.8. The number of ether oxygens (including phenoxy) is 4. The summed E-state index contributed by atoms with van der Waals surface area (Å²) < 4.78 is 24.9. The summed E-state index contributed by atoms with van der Waals surface area (Å²) in [5, 5.41) is 34.6. The van der Waals surface area contributed by atoms with Gasteiger partial charge in [0.15, 0.2) is 5.05 Å². The minimum atomic E-state index is -1.36. The second-order valence-electron chi connectivity index (χ2n) is 31.3. The van der Waals surface area contributed by atoms with E-state index in [1.54, 1.807) is 0 Å². The first-order valence-corrected chi connectivity index (χ1v) is 33.4. The van der Waals surface area contributed by atoms with Gasteiger partial charge in [-0.05, 0) is 120 Å². The molecule has 0 fully saturated rings. The van der Waals surface area contributed by atoms with Crippen LogP contribution in [0.1, 0.15) is 310 Å². The lowest BCUT2D eigenvalue weighted by atomic mass is 9.78. The number of phenols is 3. The minimum Gasteiger partial charge on any atom is -0.507 e. The minimum absolute atomic E-state index is 0.0194. The van der Waals surface area contributed by atoms with Gasteiger partial charge in [0.05, 0.1) is 0 Å². The van der Waals surface area contributed by atoms with Gasteiger partial charge in [0.25, 0.3) is 0 Å². The average Bonchev–Trinajstić information content (AvgIpc) is 1.00. The number of benzene rings is 3. The summed E-state index contributed by atoms with van der Waals surface area (Å²) >= 11 is 5.87. The second kappa shape index (κ2) is 33.8. The molecule has 3 aromatic carbocycles. The molecule has 486 valence electrons. The van der Waals surface area contributed by atoms with Crippen LogP contribution in [0.15, 0.2) is 36.4 Å². The van der Waals surface area contributed by atoms with Crippen LogP contribution in [0.25, 0.3) is 0 Å². The van der Waals surface area contributed by atoms with E-state index in [1.807, 2.05) is 36.4 Å². The number of phenolic OH excluding ortho intramolecular Hbond substituents is 3. The molecule has 0 bridgehead atoms. The lowest BCUT2D eigenvalue weighted by molar-refractivity contribution is -0.164. The van der Waals surface area contributed by atoms with Gasteiger partial charge in [0.1, 0.15) is 49.1 Å². The van der Waals surface area contributed by atoms with Gasteiger partial charge in [-0.25, -0.2) is 0 Å². The van der Waals surface area contributed by atoms with Crippen molar-refractivity contribution in [1.82, 2.24) is 0 Å². The molecule has 0 spiro atoms. The van der Waals surface area contributed by atoms with Crippen LogP contribution in [-0.2, 0) is 85.1 Å². The Bertz CT molecular complexity index is 2270. The zero-order valence-corrected chi connectivity index (χ0v) is 58.5. The van der Waals surface area contributed by atoms with Crippen molar-refractivity contribution in [2.75, 3.05) is 26.4 Å². The van der Waals surface area contributed by atoms with Gasteiger partial charge in [-0.1, -0.05) is 264 Å². The highest BCUT2D eigenvalue weighted by Gasteiger charge is 2.38. The molecule has 11 heteroatoms. The molecule has 0 saturated heterocycles. The molecule has 10 nitrogen and oxygen atoms in total. The predicted molar refractivity (Wildman–Crippen MR) is 360 cm³/mol. The van der Waals surface area contributed by atoms with E-state index in [-0.39, 0.29) is 95.4 Å². The van der Waals surface area contributed by atoms with Crippen LogP contribution in [0.2, 0.25) is 0 Å². The zero-order chi connectivity index (χ0) is 64.9. The van der Waals surface area contributed by atoms with Crippen LogP contribution >= 0.6 is 12.2 Å². The number of hydrogen-bond donors (Lipinski definition) is 3. The number of unbranched alkanes of at least 4 members (excludes halogenated alkanes) is 15. The third kappa shape index (κ3) is 26.2. The van der Waals surface area contributed by atoms with Gasteiger partial charge in [-0.2, -0.15) is 0 Å². The van der Waals surface area contributed by atoms with Crippen LogP contribution in [0, 0.1) is 5.41 Å². The van der Waals surface area contributed by atoms with Crippen molar-refractivity contribution in [3.05, 3.63) is 86.5 Å². The molecule has 3 aromatic rings. The number of thiocarbonyl (C=S) groups is 1. The maximum Gasteiger partial charge on any atom is 0.306 e. The molecule has 0 unspecified atom stereocenters. The molecule has 0 aliphatic rings. The molecule has 3 N–H and O–H groups in total. The van der Waals surface area contributed by atoms with E-state index in [0.29, 0.717) is 30.7 Å². The van der Waals surface area contributed by atoms with Gasteiger partial charge in [0.2, 0.25) is 0 Å². The molecular weight excluding hydrogens is 1090 g/mol. The number of esters is 3. The Balaban J connectivity index is 1.92. The summed E-state index contributed by atoms with van der Waals surface area (Å²) in [6.45, 7) is 38.2. The highest BCUT2D eigenvalue weighted by atomic mass is 32.1. The Morgan fingerprint density at radius 2 is 0.547 bits per heavy atom. The molecule has 0 atom stereocenters. The van der Waals surface area contributed by atoms with Crippen LogP contribution in [0.4, 0.5) is 0 Å². The van der Waals surface area contributed by atoms with Crippen molar-refractivity contribution < 1.29 is 48.7 Å². The smallest absolute Gasteiger partial charge is 0.306 e. The van der Waals surface area contributed by atoms with Gasteiger partial charge in [-0.15, -0.1) is 0 Å². The van der Waals surface area contributed by atoms with E-state index < -0.39 is 23.3 Å². The summed E-state index contributed by atoms with van der Waals surface area (Å²) in [6, 6.07) is 11.8. The van der Waals surface area contributed by atoms with Crippen LogP contribution in [0.3, 0.4) is 0 Å². The highest BCUT2D eigenvalue weighted by Crippen LogP contribution is 2.43. The molecule has 0 heterocycles. The fraction of sp³-hybridized carbons (Fsp3) is 0.707. The number of hydrogen-bond acceptors (Lipinski definition) is 11. The molecule has 0 radical (unpaired) electrons. The Morgan fingerprint density at radius 1 is 0.337 bits per heavy atom. The molecule has 0 amide bonds. The summed E-state index contributed by atoms with van der Waals surface area (Å²) in [5.41, 5.74) is 3.98. The van der Waals surface area contributed by atoms with Gasteiger partial charge in [-0.3, -0.25) is 14.4 Å². The average molecular weight is 1210 g/mol. The van der Waals surface area contributed by atoms with Crippen molar-refractivity contribution in [2.45, 2.75) is 312 Å². The Kier molecular flexibility index (Phi) is 29.7. The Labute approximate surface area is 528 Å². The number of aromatic hydroxyl groups is 3. The highest BCUT2D eigenvalue weighted by molar-refractivity contribution is 7.80. The Hall–Kier alpha value is -4.64. The molecule has 86 heavy (non-hydrogen) atoms. The van der Waals surface area contributed by atoms with E-state index in [1.165, 1.54) is 83.5 Å². The molecular formula is C75H120O10S. The summed E-state index contributed by atoms with van der Waals surface area (Å²) in [5.74, 6) is -0.718. The van der Waals surface area contributed by atoms with E-state index in [0.717, 1.165) is 69.3 Å². The van der Waals surface area contributed by atoms with Crippen LogP contribution < -0.4 is 0 Å². The van der Waals surface area contributed by atoms with Crippen molar-refractivity contribution in [3.63, 3.8) is 0 Å². The summed E-state index contributed by atoms with van der Waals surface area (Å²) in [6.07, 6.45) is 21.8. The SMILES string of the molecule is CCCCCCCCCCCCCCCCCCC(=S)OCC(COC(=O)CCc1cc(C(C)(C)C)c(O)c(C(C)(C)C)c1)(COC(=O)CCc1cc(C(C)(C)C)c(O)c(C(C)(C)C)c1)COC(=O)CCc1cc(C(C)(C)C)c(O)c(C(C)(C)C)c1. The maximum atomic E-state index is 14.1. The van der Waals surface area contributed by atoms with Gasteiger partial charge < -0.3 is 34.3 Å². The number of aryl methyl sites for hydroxylation is 3. The topological polar surface area (TPSA) is 149 Å². The van der Waals surface area contributed by atoms with E-state index >= 15 is 0 Å². The third-order valence-electron chi connectivity index (χ3n) is 16.6. The van der Waals surface area contributed by atoms with Crippen LogP contribution in [0.5, 0.6) is 17.2 Å². The number of carbonyl (C=O) groups excluding carboxylic acids is 3. The van der Waals surface area contributed by atoms with Crippen molar-refractivity contribution >= 4 is 35.2 Å². The van der Waals surface area contributed by atoms with Gasteiger partial charge in [0, 0.05) is 25.7 Å². The fourth-order valence-electron chi connectivity index (χ4n) is 11.0. The molecule has 0 aliphatic heterocycles. The molecule has 0 saturated carbocycles. The van der Waals surface area contributed by atoms with E-state index in [2.05, 4.69) is 132 Å². The maximum absolute atomic E-state index is 14.1. The standard InChI is InChI=1S/C75H120O10S/c1-20-21-22-23-24-25-26-27-28-29-30-31-32-33-34-35-36-65(86)85-52-75(49-82-62(76)40-37-53-43-56(69(2,3)4)66(79)57(44-53)70(5,6)7,50-83-63(77)41-38-54-45-58(71(8,9)10)67(80)59(46-54)72(11,12)13)51-84-64(78)42-39-55-47-60(73(14,15)16)68(81)61(48-55)74(17,18)19/h43-48,79-81H,20-42,49-52H2,1-19H3. The lowest BCUT2D eigenvalue weighted by Gasteiger charge is -2.32. The number of carbonyl (C=O) groups is 3. The van der Waals surface area contributed by atoms with Crippen molar-refractivity contribution in [1.29, 1.82) is 0 Å². The quantitative estimate of drug-likeness (QED) is 0.0227. The first kappa shape index (κ1) is 75.6. The Morgan fingerprint density at radius 3 is 0.767 bits per heavy atom. The second-order valence-corrected chi connectivity index (χ2v) is 31.8. The largest absolute Gasteiger partial charge is 0.507 e. The first-order valence-electron chi connectivity index (χ1n) is 33.0. The lowest BCUT2D eigenvalue weighted by Crippen LogP contribution is -2.44. The molecule has 3 rings (SSSR count). The van der Waals surface area contributed by atoms with Crippen molar-refractivity contribution in [3.8, 4) is 17.2 Å². The number of rotatable bonds is 34. The molecule has 0 aliphatic carbocycles. The third-order valence-corrected chi connectivity index (χ3v) is 16.9.